The number of rotatable bonds is 7. The lowest BCUT2D eigenvalue weighted by atomic mass is 9.84. The van der Waals surface area contributed by atoms with Crippen LogP contribution in [0.2, 0.25) is 0 Å². The van der Waals surface area contributed by atoms with Crippen molar-refractivity contribution in [2.45, 2.75) is 38.7 Å². The summed E-state index contributed by atoms with van der Waals surface area (Å²) in [7, 11) is -3.89. The molecular weight excluding hydrogens is 458 g/mol. The third-order valence-electron chi connectivity index (χ3n) is 5.71. The van der Waals surface area contributed by atoms with Crippen LogP contribution in [-0.2, 0) is 10.0 Å². The lowest BCUT2D eigenvalue weighted by Crippen LogP contribution is -2.47. The minimum atomic E-state index is -3.89. The van der Waals surface area contributed by atoms with Crippen molar-refractivity contribution in [3.05, 3.63) is 65.1 Å². The van der Waals surface area contributed by atoms with Crippen molar-refractivity contribution in [3.8, 4) is 0 Å². The van der Waals surface area contributed by atoms with Gasteiger partial charge in [-0.25, -0.2) is 12.8 Å². The van der Waals surface area contributed by atoms with Crippen molar-refractivity contribution >= 4 is 39.3 Å². The third-order valence-corrected chi connectivity index (χ3v) is 7.49. The van der Waals surface area contributed by atoms with E-state index in [1.807, 2.05) is 0 Å². The van der Waals surface area contributed by atoms with E-state index in [-0.39, 0.29) is 10.8 Å². The molecule has 178 valence electrons. The first kappa shape index (κ1) is 25.3. The van der Waals surface area contributed by atoms with E-state index in [9.17, 15) is 18.3 Å². The molecule has 0 bridgehead atoms. The molecule has 0 aromatic heterocycles. The van der Waals surface area contributed by atoms with E-state index < -0.39 is 15.6 Å². The first-order valence-electron chi connectivity index (χ1n) is 10.9. The van der Waals surface area contributed by atoms with Gasteiger partial charge in [0, 0.05) is 30.6 Å². The lowest BCUT2D eigenvalue weighted by Gasteiger charge is -2.39. The summed E-state index contributed by atoms with van der Waals surface area (Å²) >= 11 is 1.16. The van der Waals surface area contributed by atoms with E-state index in [4.69, 9.17) is 0 Å². The summed E-state index contributed by atoms with van der Waals surface area (Å²) in [6, 6.07) is 6.37. The molecule has 1 aliphatic heterocycles. The molecule has 33 heavy (non-hydrogen) atoms. The molecule has 7 nitrogen and oxygen atoms in total. The van der Waals surface area contributed by atoms with E-state index >= 15 is 0 Å². The van der Waals surface area contributed by atoms with Gasteiger partial charge in [-0.1, -0.05) is 32.6 Å². The van der Waals surface area contributed by atoms with Gasteiger partial charge >= 0.3 is 0 Å². The summed E-state index contributed by atoms with van der Waals surface area (Å²) in [5.74, 6) is 0.275. The number of piperidine rings is 1. The third kappa shape index (κ3) is 6.16. The highest BCUT2D eigenvalue weighted by atomic mass is 32.2. The number of anilines is 1. The molecule has 1 amide bonds. The minimum Gasteiger partial charge on any atom is -0.390 e. The van der Waals surface area contributed by atoms with Crippen LogP contribution in [-0.4, -0.2) is 55.0 Å². The number of nitrogens with zero attached hydrogens (tertiary/aromatic N) is 2. The maximum absolute atomic E-state index is 12.9. The molecule has 1 fully saturated rings. The number of hydrogen-bond acceptors (Lipinski definition) is 6. The maximum atomic E-state index is 12.9. The second-order valence-electron chi connectivity index (χ2n) is 8.84. The summed E-state index contributed by atoms with van der Waals surface area (Å²) in [5.41, 5.74) is 0.952. The van der Waals surface area contributed by atoms with E-state index in [1.54, 1.807) is 47.6 Å². The molecule has 1 aliphatic carbocycles. The number of allylic oxidation sites excluding steroid dienone is 5. The van der Waals surface area contributed by atoms with Crippen LogP contribution in [0.1, 0.15) is 43.5 Å². The standard InChI is InChI=1S/C24H31N3O4S2/c1-17(2)16-24(29)12-14-27(15-13-24)23(28)19-8-10-20(11-9-19)26-33(30,31)21-7-5-6-18(3)22(21)25-32-4/h5-11,17,26,29H,3,12-16H2,1-2,4H3. The number of amides is 1. The number of benzene rings is 1. The van der Waals surface area contributed by atoms with Crippen LogP contribution in [0.25, 0.3) is 0 Å². The van der Waals surface area contributed by atoms with Crippen LogP contribution >= 0.6 is 11.9 Å². The van der Waals surface area contributed by atoms with Gasteiger partial charge < -0.3 is 10.0 Å². The largest absolute Gasteiger partial charge is 0.390 e. The Morgan fingerprint density at radius 2 is 1.91 bits per heavy atom. The lowest BCUT2D eigenvalue weighted by molar-refractivity contribution is -0.0311. The SMILES string of the molecule is C=C1C=CC=C(S(=O)(=O)Nc2ccc(C(=O)N3CCC(O)(CC(C)C)CC3)cc2)C1=NSC. The van der Waals surface area contributed by atoms with Crippen LogP contribution in [0.5, 0.6) is 0 Å². The number of aliphatic hydroxyl groups is 1. The van der Waals surface area contributed by atoms with Crippen molar-refractivity contribution in [1.82, 2.24) is 4.90 Å². The predicted octanol–water partition coefficient (Wildman–Crippen LogP) is 4.17. The Hall–Kier alpha value is -2.36. The number of hydrogen-bond donors (Lipinski definition) is 2. The van der Waals surface area contributed by atoms with Gasteiger partial charge in [0.15, 0.2) is 0 Å². The fourth-order valence-corrected chi connectivity index (χ4v) is 5.84. The molecule has 0 spiro atoms. The quantitative estimate of drug-likeness (QED) is 0.560. The molecule has 1 saturated heterocycles. The van der Waals surface area contributed by atoms with Gasteiger partial charge in [-0.15, -0.1) is 0 Å². The summed E-state index contributed by atoms with van der Waals surface area (Å²) < 4.78 is 32.6. The fourth-order valence-electron chi connectivity index (χ4n) is 4.14. The Balaban J connectivity index is 1.68. The van der Waals surface area contributed by atoms with Gasteiger partial charge in [0.2, 0.25) is 0 Å². The van der Waals surface area contributed by atoms with E-state index in [1.165, 1.54) is 6.08 Å². The Bertz CT molecular complexity index is 1100. The topological polar surface area (TPSA) is 99.1 Å². The number of carbonyl (C=O) groups is 1. The zero-order valence-electron chi connectivity index (χ0n) is 19.2. The molecule has 1 aromatic carbocycles. The number of sulfonamides is 1. The van der Waals surface area contributed by atoms with E-state index in [0.717, 1.165) is 18.4 Å². The van der Waals surface area contributed by atoms with Crippen molar-refractivity contribution < 1.29 is 18.3 Å². The zero-order valence-corrected chi connectivity index (χ0v) is 20.9. The van der Waals surface area contributed by atoms with E-state index in [2.05, 4.69) is 29.5 Å². The molecule has 2 N–H and O–H groups in total. The Kier molecular flexibility index (Phi) is 7.87. The first-order valence-corrected chi connectivity index (χ1v) is 13.5. The normalized spacial score (nSPS) is 19.7. The molecule has 1 heterocycles. The van der Waals surface area contributed by atoms with Crippen molar-refractivity contribution in [2.24, 2.45) is 10.3 Å². The van der Waals surface area contributed by atoms with Gasteiger partial charge in [-0.3, -0.25) is 9.52 Å². The van der Waals surface area contributed by atoms with Crippen LogP contribution in [0.15, 0.2) is 63.9 Å². The van der Waals surface area contributed by atoms with Crippen molar-refractivity contribution in [1.29, 1.82) is 0 Å². The molecule has 0 unspecified atom stereocenters. The molecule has 3 rings (SSSR count). The molecule has 1 aromatic rings. The number of nitrogens with one attached hydrogen (secondary N) is 1. The average molecular weight is 490 g/mol. The molecule has 0 atom stereocenters. The van der Waals surface area contributed by atoms with Crippen LogP contribution in [0.4, 0.5) is 5.69 Å². The highest BCUT2D eigenvalue weighted by Gasteiger charge is 2.34. The molecule has 9 heteroatoms. The average Bonchev–Trinajstić information content (AvgIpc) is 2.75. The van der Waals surface area contributed by atoms with Gasteiger partial charge in [0.05, 0.1) is 11.3 Å². The number of carbonyl (C=O) groups excluding carboxylic acids is 1. The Morgan fingerprint density at radius 1 is 1.27 bits per heavy atom. The highest BCUT2D eigenvalue weighted by Crippen LogP contribution is 2.30. The Labute approximate surface area is 200 Å². The van der Waals surface area contributed by atoms with Crippen LogP contribution in [0, 0.1) is 5.92 Å². The van der Waals surface area contributed by atoms with Crippen LogP contribution < -0.4 is 4.72 Å². The van der Waals surface area contributed by atoms with Crippen molar-refractivity contribution in [2.75, 3.05) is 24.1 Å². The second-order valence-corrected chi connectivity index (χ2v) is 11.0. The molecule has 2 aliphatic rings. The van der Waals surface area contributed by atoms with Gasteiger partial charge in [-0.05, 0) is 73.0 Å². The maximum Gasteiger partial charge on any atom is 0.264 e. The van der Waals surface area contributed by atoms with Gasteiger partial charge in [0.1, 0.15) is 4.91 Å². The number of likely N-dealkylation sites (tertiary alicyclic amines) is 1. The highest BCUT2D eigenvalue weighted by molar-refractivity contribution is 7.98. The van der Waals surface area contributed by atoms with Crippen molar-refractivity contribution in [3.63, 3.8) is 0 Å². The monoisotopic (exact) mass is 489 g/mol. The molecule has 0 radical (unpaired) electrons. The first-order chi connectivity index (χ1) is 15.5. The van der Waals surface area contributed by atoms with Gasteiger partial charge in [0.25, 0.3) is 15.9 Å². The zero-order chi connectivity index (χ0) is 24.2. The summed E-state index contributed by atoms with van der Waals surface area (Å²) in [6.45, 7) is 9.03. The van der Waals surface area contributed by atoms with Crippen LogP contribution in [0.3, 0.4) is 0 Å². The Morgan fingerprint density at radius 3 is 2.48 bits per heavy atom. The second kappa shape index (κ2) is 10.3. The summed E-state index contributed by atoms with van der Waals surface area (Å²) in [4.78, 5) is 14.7. The predicted molar refractivity (Wildman–Crippen MR) is 136 cm³/mol. The fraction of sp³-hybridized carbons (Fsp3) is 0.417. The molecule has 0 saturated carbocycles. The minimum absolute atomic E-state index is 0.0479. The summed E-state index contributed by atoms with van der Waals surface area (Å²) in [6.07, 6.45) is 8.41. The molecular formula is C24H31N3O4S2. The smallest absolute Gasteiger partial charge is 0.264 e. The summed E-state index contributed by atoms with van der Waals surface area (Å²) in [5, 5.41) is 10.7. The van der Waals surface area contributed by atoms with Gasteiger partial charge in [-0.2, -0.15) is 0 Å². The van der Waals surface area contributed by atoms with E-state index in [0.29, 0.717) is 54.4 Å².